The predicted octanol–water partition coefficient (Wildman–Crippen LogP) is 1.84. The second-order valence-electron chi connectivity index (χ2n) is 2.75. The van der Waals surface area contributed by atoms with E-state index in [2.05, 4.69) is 32.9 Å². The zero-order valence-electron chi connectivity index (χ0n) is 6.12. The number of halogens is 1. The molecule has 1 aliphatic rings. The van der Waals surface area contributed by atoms with Crippen molar-refractivity contribution in [3.8, 4) is 0 Å². The SMILES string of the molecule is CC1C(N)c2occc2N1I. The van der Waals surface area contributed by atoms with Gasteiger partial charge in [-0.1, -0.05) is 0 Å². The number of nitrogens with zero attached hydrogens (tertiary/aromatic N) is 1. The summed E-state index contributed by atoms with van der Waals surface area (Å²) in [6.07, 6.45) is 1.68. The van der Waals surface area contributed by atoms with Crippen molar-refractivity contribution < 1.29 is 4.42 Å². The molecule has 60 valence electrons. The molecular formula is C7H9IN2O. The summed E-state index contributed by atoms with van der Waals surface area (Å²) in [4.78, 5) is 0. The van der Waals surface area contributed by atoms with Crippen LogP contribution in [0.4, 0.5) is 5.69 Å². The van der Waals surface area contributed by atoms with E-state index in [0.717, 1.165) is 11.4 Å². The Balaban J connectivity index is 2.48. The third-order valence-corrected chi connectivity index (χ3v) is 3.48. The van der Waals surface area contributed by atoms with Gasteiger partial charge in [0.25, 0.3) is 0 Å². The number of nitrogens with two attached hydrogens (primary N) is 1. The highest BCUT2D eigenvalue weighted by Crippen LogP contribution is 2.40. The van der Waals surface area contributed by atoms with Crippen molar-refractivity contribution in [1.29, 1.82) is 0 Å². The van der Waals surface area contributed by atoms with Crippen molar-refractivity contribution in [1.82, 2.24) is 0 Å². The lowest BCUT2D eigenvalue weighted by Gasteiger charge is -2.16. The maximum absolute atomic E-state index is 5.88. The maximum atomic E-state index is 5.88. The van der Waals surface area contributed by atoms with Gasteiger partial charge in [-0.2, -0.15) is 0 Å². The van der Waals surface area contributed by atoms with Gasteiger partial charge in [-0.25, -0.2) is 0 Å². The summed E-state index contributed by atoms with van der Waals surface area (Å²) in [6.45, 7) is 2.09. The molecule has 4 heteroatoms. The van der Waals surface area contributed by atoms with Crippen molar-refractivity contribution in [3.63, 3.8) is 0 Å². The Bertz CT molecular complexity index is 249. The van der Waals surface area contributed by atoms with Crippen LogP contribution in [-0.4, -0.2) is 6.04 Å². The predicted molar refractivity (Wildman–Crippen MR) is 51.6 cm³/mol. The number of fused-ring (bicyclic) bond motifs is 1. The second-order valence-corrected chi connectivity index (χ2v) is 3.79. The highest BCUT2D eigenvalue weighted by atomic mass is 127. The first-order valence-corrected chi connectivity index (χ1v) is 4.46. The Kier molecular flexibility index (Phi) is 1.61. The topological polar surface area (TPSA) is 42.4 Å². The molecule has 0 spiro atoms. The summed E-state index contributed by atoms with van der Waals surface area (Å²) in [7, 11) is 0. The first-order chi connectivity index (χ1) is 5.22. The number of hydrogen-bond donors (Lipinski definition) is 1. The van der Waals surface area contributed by atoms with Gasteiger partial charge < -0.3 is 13.3 Å². The molecule has 0 saturated heterocycles. The Morgan fingerprint density at radius 1 is 1.73 bits per heavy atom. The van der Waals surface area contributed by atoms with Crippen molar-refractivity contribution in [2.24, 2.45) is 5.73 Å². The molecule has 2 heterocycles. The molecule has 0 fully saturated rings. The Labute approximate surface area is 79.0 Å². The minimum atomic E-state index is 0.0249. The minimum Gasteiger partial charge on any atom is -0.465 e. The fourth-order valence-electron chi connectivity index (χ4n) is 1.32. The Morgan fingerprint density at radius 3 is 3.09 bits per heavy atom. The van der Waals surface area contributed by atoms with Crippen LogP contribution < -0.4 is 8.85 Å². The summed E-state index contributed by atoms with van der Waals surface area (Å²) in [6, 6.07) is 2.31. The molecule has 0 aliphatic carbocycles. The van der Waals surface area contributed by atoms with E-state index in [1.165, 1.54) is 0 Å². The first kappa shape index (κ1) is 7.42. The first-order valence-electron chi connectivity index (χ1n) is 3.50. The van der Waals surface area contributed by atoms with Gasteiger partial charge in [-0.05, 0) is 6.92 Å². The largest absolute Gasteiger partial charge is 0.465 e. The van der Waals surface area contributed by atoms with Gasteiger partial charge in [0.15, 0.2) is 0 Å². The van der Waals surface area contributed by atoms with Gasteiger partial charge in [0.05, 0.1) is 46.9 Å². The molecule has 3 nitrogen and oxygen atoms in total. The lowest BCUT2D eigenvalue weighted by molar-refractivity contribution is 0.461. The molecule has 1 aromatic heterocycles. The molecular weight excluding hydrogens is 255 g/mol. The highest BCUT2D eigenvalue weighted by molar-refractivity contribution is 14.1. The Morgan fingerprint density at radius 2 is 2.45 bits per heavy atom. The molecule has 1 aliphatic heterocycles. The van der Waals surface area contributed by atoms with E-state index in [1.807, 2.05) is 6.07 Å². The molecule has 2 rings (SSSR count). The van der Waals surface area contributed by atoms with E-state index in [4.69, 9.17) is 10.2 Å². The quantitative estimate of drug-likeness (QED) is 0.574. The van der Waals surface area contributed by atoms with Gasteiger partial charge in [-0.3, -0.25) is 0 Å². The Hall–Kier alpha value is -0.230. The summed E-state index contributed by atoms with van der Waals surface area (Å²) in [5.74, 6) is 0.909. The molecule has 2 unspecified atom stereocenters. The van der Waals surface area contributed by atoms with E-state index >= 15 is 0 Å². The van der Waals surface area contributed by atoms with E-state index in [1.54, 1.807) is 6.26 Å². The van der Waals surface area contributed by atoms with Crippen LogP contribution in [0.25, 0.3) is 0 Å². The average molecular weight is 264 g/mol. The van der Waals surface area contributed by atoms with Crippen LogP contribution in [0, 0.1) is 0 Å². The van der Waals surface area contributed by atoms with E-state index in [9.17, 15) is 0 Å². The van der Waals surface area contributed by atoms with Crippen molar-refractivity contribution in [3.05, 3.63) is 18.1 Å². The zero-order chi connectivity index (χ0) is 8.01. The zero-order valence-corrected chi connectivity index (χ0v) is 8.28. The molecule has 11 heavy (non-hydrogen) atoms. The number of rotatable bonds is 0. The standard InChI is InChI=1S/C7H9IN2O/c1-4-6(9)7-5(10(4)8)2-3-11-7/h2-4,6H,9H2,1H3. The minimum absolute atomic E-state index is 0.0249. The fourth-order valence-corrected chi connectivity index (χ4v) is 2.06. The van der Waals surface area contributed by atoms with Crippen LogP contribution in [0.2, 0.25) is 0 Å². The van der Waals surface area contributed by atoms with Gasteiger partial charge in [0.2, 0.25) is 0 Å². The van der Waals surface area contributed by atoms with Crippen LogP contribution in [-0.2, 0) is 0 Å². The van der Waals surface area contributed by atoms with Crippen LogP contribution in [0.15, 0.2) is 16.7 Å². The summed E-state index contributed by atoms with van der Waals surface area (Å²) in [5.41, 5.74) is 7.00. The lowest BCUT2D eigenvalue weighted by atomic mass is 10.2. The molecule has 0 radical (unpaired) electrons. The third-order valence-electron chi connectivity index (χ3n) is 2.08. The second kappa shape index (κ2) is 2.38. The van der Waals surface area contributed by atoms with Crippen LogP contribution in [0.1, 0.15) is 18.7 Å². The van der Waals surface area contributed by atoms with E-state index in [-0.39, 0.29) is 6.04 Å². The molecule has 2 N–H and O–H groups in total. The van der Waals surface area contributed by atoms with Crippen molar-refractivity contribution in [2.45, 2.75) is 19.0 Å². The summed E-state index contributed by atoms with van der Waals surface area (Å²) >= 11 is 2.25. The molecule has 2 atom stereocenters. The summed E-state index contributed by atoms with van der Waals surface area (Å²) < 4.78 is 7.37. The van der Waals surface area contributed by atoms with Crippen molar-refractivity contribution in [2.75, 3.05) is 3.11 Å². The average Bonchev–Trinajstić information content (AvgIpc) is 2.53. The molecule has 0 bridgehead atoms. The van der Waals surface area contributed by atoms with E-state index in [0.29, 0.717) is 6.04 Å². The molecule has 0 amide bonds. The van der Waals surface area contributed by atoms with Crippen LogP contribution in [0.5, 0.6) is 0 Å². The molecule has 0 saturated carbocycles. The number of anilines is 1. The molecule has 1 aromatic rings. The summed E-state index contributed by atoms with van der Waals surface area (Å²) in [5, 5.41) is 0. The number of furan rings is 1. The van der Waals surface area contributed by atoms with Gasteiger partial charge >= 0.3 is 0 Å². The van der Waals surface area contributed by atoms with Crippen molar-refractivity contribution >= 4 is 28.6 Å². The van der Waals surface area contributed by atoms with Gasteiger partial charge in [0, 0.05) is 6.07 Å². The fraction of sp³-hybridized carbons (Fsp3) is 0.429. The number of hydrogen-bond acceptors (Lipinski definition) is 3. The van der Waals surface area contributed by atoms with Gasteiger partial charge in [-0.15, -0.1) is 0 Å². The smallest absolute Gasteiger partial charge is 0.146 e. The van der Waals surface area contributed by atoms with Crippen LogP contribution in [0.3, 0.4) is 0 Å². The normalized spacial score (nSPS) is 29.2. The third kappa shape index (κ3) is 0.888. The lowest BCUT2D eigenvalue weighted by Crippen LogP contribution is -2.27. The van der Waals surface area contributed by atoms with Crippen LogP contribution >= 0.6 is 22.9 Å². The van der Waals surface area contributed by atoms with E-state index < -0.39 is 0 Å². The highest BCUT2D eigenvalue weighted by Gasteiger charge is 2.34. The van der Waals surface area contributed by atoms with Gasteiger partial charge in [0.1, 0.15) is 5.76 Å². The maximum Gasteiger partial charge on any atom is 0.146 e. The molecule has 0 aromatic carbocycles. The monoisotopic (exact) mass is 264 g/mol.